The second-order valence-corrected chi connectivity index (χ2v) is 11.5. The number of imidazole rings is 1. The van der Waals surface area contributed by atoms with Crippen LogP contribution in [-0.4, -0.2) is 69.6 Å². The van der Waals surface area contributed by atoms with Crippen molar-refractivity contribution in [2.24, 2.45) is 0 Å². The lowest BCUT2D eigenvalue weighted by molar-refractivity contribution is -0.137. The van der Waals surface area contributed by atoms with E-state index in [1.165, 1.54) is 12.1 Å². The molecule has 0 bridgehead atoms. The Morgan fingerprint density at radius 2 is 1.81 bits per heavy atom. The predicted molar refractivity (Wildman–Crippen MR) is 158 cm³/mol. The molecule has 4 aromatic rings. The Labute approximate surface area is 245 Å². The first-order valence-electron chi connectivity index (χ1n) is 14.2. The molecule has 42 heavy (non-hydrogen) atoms. The van der Waals surface area contributed by atoms with E-state index in [1.807, 2.05) is 19.1 Å². The number of aromatic nitrogens is 4. The van der Waals surface area contributed by atoms with Crippen LogP contribution in [0.3, 0.4) is 0 Å². The predicted octanol–water partition coefficient (Wildman–Crippen LogP) is 7.06. The highest BCUT2D eigenvalue weighted by Crippen LogP contribution is 2.37. The molecule has 10 heteroatoms. The van der Waals surface area contributed by atoms with Crippen molar-refractivity contribution in [1.82, 2.24) is 29.3 Å². The van der Waals surface area contributed by atoms with Crippen molar-refractivity contribution in [1.29, 1.82) is 0 Å². The quantitative estimate of drug-likeness (QED) is 0.212. The third-order valence-electron chi connectivity index (χ3n) is 7.74. The monoisotopic (exact) mass is 578 g/mol. The zero-order valence-corrected chi connectivity index (χ0v) is 24.7. The van der Waals surface area contributed by atoms with Crippen molar-refractivity contribution in [2.45, 2.75) is 45.3 Å². The Morgan fingerprint density at radius 1 is 1.05 bits per heavy atom. The lowest BCUT2D eigenvalue weighted by atomic mass is 10.0. The molecule has 2 aromatic carbocycles. The summed E-state index contributed by atoms with van der Waals surface area (Å²) in [4.78, 5) is 18.5. The SMILES string of the molecule is Cc1ccc(C(C)C)cc1Oc1nccc(-c2c(-c3ccc(C(F)(F)F)cc3)ncn2[C@H]2CCN(CCN(C)C)C2)n1. The largest absolute Gasteiger partial charge is 0.424 e. The Hall–Kier alpha value is -3.76. The van der Waals surface area contributed by atoms with E-state index < -0.39 is 11.7 Å². The standard InChI is InChI=1S/C32H37F3N6O/c1-21(2)24-7-6-22(3)28(18-24)42-31-36-14-12-27(38-31)30-29(23-8-10-25(11-9-23)32(33,34)35)37-20-41(30)26-13-15-40(19-26)17-16-39(4)5/h6-12,14,18,20-21,26H,13,15-17,19H2,1-5H3/t26-/m0/s1. The number of benzene rings is 2. The third kappa shape index (κ3) is 6.65. The number of aryl methyl sites for hydroxylation is 1. The summed E-state index contributed by atoms with van der Waals surface area (Å²) in [6.45, 7) is 9.95. The van der Waals surface area contributed by atoms with Gasteiger partial charge in [0.1, 0.15) is 5.75 Å². The van der Waals surface area contributed by atoms with Gasteiger partial charge in [-0.2, -0.15) is 18.2 Å². The molecule has 0 unspecified atom stereocenters. The fourth-order valence-electron chi connectivity index (χ4n) is 5.21. The molecule has 1 aliphatic heterocycles. The zero-order chi connectivity index (χ0) is 30.0. The highest BCUT2D eigenvalue weighted by atomic mass is 19.4. The summed E-state index contributed by atoms with van der Waals surface area (Å²) < 4.78 is 48.2. The fraction of sp³-hybridized carbons (Fsp3) is 0.406. The first-order chi connectivity index (χ1) is 20.0. The molecular weight excluding hydrogens is 541 g/mol. The van der Waals surface area contributed by atoms with Crippen molar-refractivity contribution in [3.63, 3.8) is 0 Å². The van der Waals surface area contributed by atoms with Crippen molar-refractivity contribution in [3.8, 4) is 34.4 Å². The van der Waals surface area contributed by atoms with E-state index >= 15 is 0 Å². The number of nitrogens with zero attached hydrogens (tertiary/aromatic N) is 6. The van der Waals surface area contributed by atoms with Crippen LogP contribution >= 0.6 is 0 Å². The third-order valence-corrected chi connectivity index (χ3v) is 7.74. The van der Waals surface area contributed by atoms with Gasteiger partial charge in [0.2, 0.25) is 0 Å². The minimum absolute atomic E-state index is 0.141. The molecule has 0 aliphatic carbocycles. The maximum absolute atomic E-state index is 13.3. The van der Waals surface area contributed by atoms with E-state index in [1.54, 1.807) is 18.6 Å². The minimum atomic E-state index is -4.41. The fourth-order valence-corrected chi connectivity index (χ4v) is 5.21. The zero-order valence-electron chi connectivity index (χ0n) is 24.7. The van der Waals surface area contributed by atoms with Crippen LogP contribution in [0.2, 0.25) is 0 Å². The highest BCUT2D eigenvalue weighted by Gasteiger charge is 2.31. The Bertz CT molecular complexity index is 1510. The number of likely N-dealkylation sites (N-methyl/N-ethyl adjacent to an activating group) is 1. The molecule has 1 saturated heterocycles. The molecule has 0 saturated carbocycles. The van der Waals surface area contributed by atoms with Crippen LogP contribution in [-0.2, 0) is 6.18 Å². The van der Waals surface area contributed by atoms with E-state index in [2.05, 4.69) is 53.4 Å². The number of halogens is 3. The van der Waals surface area contributed by atoms with E-state index in [-0.39, 0.29) is 12.1 Å². The number of hydrogen-bond donors (Lipinski definition) is 0. The molecule has 0 spiro atoms. The summed E-state index contributed by atoms with van der Waals surface area (Å²) in [7, 11) is 4.13. The van der Waals surface area contributed by atoms with Crippen LogP contribution in [0.15, 0.2) is 61.1 Å². The van der Waals surface area contributed by atoms with Crippen LogP contribution < -0.4 is 4.74 Å². The summed E-state index contributed by atoms with van der Waals surface area (Å²) in [5.74, 6) is 1.02. The number of ether oxygens (including phenoxy) is 1. The molecule has 1 aliphatic rings. The van der Waals surface area contributed by atoms with Gasteiger partial charge in [0, 0.05) is 44.0 Å². The Kier molecular flexibility index (Phi) is 8.65. The molecule has 7 nitrogen and oxygen atoms in total. The van der Waals surface area contributed by atoms with Crippen LogP contribution in [0.5, 0.6) is 11.8 Å². The maximum Gasteiger partial charge on any atom is 0.416 e. The van der Waals surface area contributed by atoms with Crippen molar-refractivity contribution in [3.05, 3.63) is 77.7 Å². The summed E-state index contributed by atoms with van der Waals surface area (Å²) >= 11 is 0. The molecule has 2 aromatic heterocycles. The Morgan fingerprint density at radius 3 is 2.50 bits per heavy atom. The van der Waals surface area contributed by atoms with Gasteiger partial charge >= 0.3 is 12.2 Å². The topological polar surface area (TPSA) is 59.3 Å². The van der Waals surface area contributed by atoms with Crippen LogP contribution in [0.1, 0.15) is 48.9 Å². The summed E-state index contributed by atoms with van der Waals surface area (Å²) in [6.07, 6.45) is -0.0596. The first kappa shape index (κ1) is 29.7. The van der Waals surface area contributed by atoms with Gasteiger partial charge in [0.05, 0.1) is 29.0 Å². The average Bonchev–Trinajstić information content (AvgIpc) is 3.60. The normalized spacial score (nSPS) is 16.1. The van der Waals surface area contributed by atoms with Gasteiger partial charge in [-0.25, -0.2) is 9.97 Å². The second-order valence-electron chi connectivity index (χ2n) is 11.5. The average molecular weight is 579 g/mol. The molecule has 3 heterocycles. The van der Waals surface area contributed by atoms with Crippen LogP contribution in [0, 0.1) is 6.92 Å². The smallest absolute Gasteiger partial charge is 0.416 e. The summed E-state index contributed by atoms with van der Waals surface area (Å²) in [5, 5.41) is 0. The minimum Gasteiger partial charge on any atom is -0.424 e. The number of rotatable bonds is 9. The van der Waals surface area contributed by atoms with Gasteiger partial charge < -0.3 is 14.2 Å². The van der Waals surface area contributed by atoms with Crippen LogP contribution in [0.4, 0.5) is 13.2 Å². The summed E-state index contributed by atoms with van der Waals surface area (Å²) in [5.41, 5.74) is 3.89. The molecule has 0 amide bonds. The lowest BCUT2D eigenvalue weighted by Crippen LogP contribution is -2.30. The van der Waals surface area contributed by atoms with E-state index in [0.29, 0.717) is 28.6 Å². The summed E-state index contributed by atoms with van der Waals surface area (Å²) in [6, 6.07) is 13.4. The highest BCUT2D eigenvalue weighted by molar-refractivity contribution is 5.77. The van der Waals surface area contributed by atoms with E-state index in [0.717, 1.165) is 61.6 Å². The lowest BCUT2D eigenvalue weighted by Gasteiger charge is -2.20. The van der Waals surface area contributed by atoms with Gasteiger partial charge in [-0.05, 0) is 68.8 Å². The van der Waals surface area contributed by atoms with Crippen molar-refractivity contribution < 1.29 is 17.9 Å². The molecule has 1 fully saturated rings. The van der Waals surface area contributed by atoms with Crippen molar-refractivity contribution in [2.75, 3.05) is 40.3 Å². The molecular formula is C32H37F3N6O. The molecule has 0 N–H and O–H groups in total. The van der Waals surface area contributed by atoms with Crippen molar-refractivity contribution >= 4 is 0 Å². The molecule has 5 rings (SSSR count). The molecule has 222 valence electrons. The van der Waals surface area contributed by atoms with Gasteiger partial charge in [-0.3, -0.25) is 4.90 Å². The Balaban J connectivity index is 1.53. The molecule has 0 radical (unpaired) electrons. The number of likely N-dealkylation sites (tertiary alicyclic amines) is 1. The molecule has 1 atom stereocenters. The maximum atomic E-state index is 13.3. The van der Waals surface area contributed by atoms with E-state index in [9.17, 15) is 13.2 Å². The first-order valence-corrected chi connectivity index (χ1v) is 14.2. The van der Waals surface area contributed by atoms with E-state index in [4.69, 9.17) is 14.7 Å². The number of alkyl halides is 3. The number of hydrogen-bond acceptors (Lipinski definition) is 6. The van der Waals surface area contributed by atoms with Gasteiger partial charge in [0.15, 0.2) is 0 Å². The van der Waals surface area contributed by atoms with Crippen LogP contribution in [0.25, 0.3) is 22.6 Å². The van der Waals surface area contributed by atoms with Gasteiger partial charge in [-0.1, -0.05) is 38.1 Å². The van der Waals surface area contributed by atoms with Gasteiger partial charge in [0.25, 0.3) is 0 Å². The van der Waals surface area contributed by atoms with Gasteiger partial charge in [-0.15, -0.1) is 0 Å². The second kappa shape index (κ2) is 12.2.